The number of carbonyl (C=O) groups excluding carboxylic acids is 1. The van der Waals surface area contributed by atoms with Crippen LogP contribution in [0.3, 0.4) is 0 Å². The zero-order chi connectivity index (χ0) is 15.2. The van der Waals surface area contributed by atoms with E-state index in [9.17, 15) is 4.79 Å². The summed E-state index contributed by atoms with van der Waals surface area (Å²) in [6.45, 7) is 4.61. The summed E-state index contributed by atoms with van der Waals surface area (Å²) >= 11 is 1.69. The molecular weight excluding hydrogens is 282 g/mol. The van der Waals surface area contributed by atoms with Crippen molar-refractivity contribution in [3.63, 3.8) is 0 Å². The summed E-state index contributed by atoms with van der Waals surface area (Å²) in [4.78, 5) is 12.1. The van der Waals surface area contributed by atoms with Gasteiger partial charge in [0.1, 0.15) is 0 Å². The van der Waals surface area contributed by atoms with Gasteiger partial charge in [-0.15, -0.1) is 0 Å². The number of amides is 1. The van der Waals surface area contributed by atoms with Gasteiger partial charge in [-0.3, -0.25) is 4.79 Å². The molecule has 0 fully saturated rings. The van der Waals surface area contributed by atoms with Gasteiger partial charge in [0.2, 0.25) is 0 Å². The third-order valence-corrected chi connectivity index (χ3v) is 3.88. The minimum atomic E-state index is -0.0808. The highest BCUT2D eigenvalue weighted by Crippen LogP contribution is 2.21. The largest absolute Gasteiger partial charge is 0.399 e. The zero-order valence-electron chi connectivity index (χ0n) is 12.3. The second-order valence-corrected chi connectivity index (χ2v) is 5.83. The standard InChI is InChI=1S/C16H21N3OS/c1-3-18-16(20)14-5-4-13(17)9-15(14)19-11(2)8-12-6-7-21-10-12/h4-7,9-11,19H,3,8,17H2,1-2H3,(H,18,20). The number of nitrogens with two attached hydrogens (primary N) is 1. The average Bonchev–Trinajstić information content (AvgIpc) is 2.91. The lowest BCUT2D eigenvalue weighted by Crippen LogP contribution is -2.26. The molecule has 0 saturated heterocycles. The highest BCUT2D eigenvalue weighted by molar-refractivity contribution is 7.07. The number of anilines is 2. The van der Waals surface area contributed by atoms with Gasteiger partial charge in [-0.2, -0.15) is 11.3 Å². The first-order chi connectivity index (χ1) is 10.1. The van der Waals surface area contributed by atoms with E-state index in [0.717, 1.165) is 12.1 Å². The third kappa shape index (κ3) is 4.23. The molecule has 0 radical (unpaired) electrons. The highest BCUT2D eigenvalue weighted by Gasteiger charge is 2.13. The Labute approximate surface area is 129 Å². The van der Waals surface area contributed by atoms with Crippen LogP contribution in [0.1, 0.15) is 29.8 Å². The fraction of sp³-hybridized carbons (Fsp3) is 0.312. The number of carbonyl (C=O) groups is 1. The smallest absolute Gasteiger partial charge is 0.253 e. The molecule has 21 heavy (non-hydrogen) atoms. The molecule has 1 atom stereocenters. The molecule has 1 heterocycles. The molecule has 1 amide bonds. The van der Waals surface area contributed by atoms with Gasteiger partial charge in [0.25, 0.3) is 5.91 Å². The van der Waals surface area contributed by atoms with Crippen LogP contribution in [0.5, 0.6) is 0 Å². The van der Waals surface area contributed by atoms with Crippen molar-refractivity contribution in [3.05, 3.63) is 46.2 Å². The topological polar surface area (TPSA) is 67.2 Å². The van der Waals surface area contributed by atoms with Gasteiger partial charge in [-0.1, -0.05) is 0 Å². The summed E-state index contributed by atoms with van der Waals surface area (Å²) in [5.74, 6) is -0.0808. The van der Waals surface area contributed by atoms with Crippen LogP contribution in [0, 0.1) is 0 Å². The third-order valence-electron chi connectivity index (χ3n) is 3.15. The Morgan fingerprint density at radius 2 is 2.19 bits per heavy atom. The highest BCUT2D eigenvalue weighted by atomic mass is 32.1. The second-order valence-electron chi connectivity index (χ2n) is 5.05. The van der Waals surface area contributed by atoms with E-state index in [4.69, 9.17) is 5.73 Å². The first-order valence-electron chi connectivity index (χ1n) is 7.05. The molecule has 1 unspecified atom stereocenters. The maximum atomic E-state index is 12.1. The molecule has 2 rings (SSSR count). The van der Waals surface area contributed by atoms with Crippen LogP contribution < -0.4 is 16.4 Å². The lowest BCUT2D eigenvalue weighted by Gasteiger charge is -2.18. The molecule has 4 N–H and O–H groups in total. The SMILES string of the molecule is CCNC(=O)c1ccc(N)cc1NC(C)Cc1ccsc1. The van der Waals surface area contributed by atoms with Gasteiger partial charge < -0.3 is 16.4 Å². The van der Waals surface area contributed by atoms with Crippen molar-refractivity contribution >= 4 is 28.6 Å². The molecular formula is C16H21N3OS. The molecule has 0 bridgehead atoms. The van der Waals surface area contributed by atoms with Gasteiger partial charge >= 0.3 is 0 Å². The molecule has 0 aliphatic heterocycles. The maximum absolute atomic E-state index is 12.1. The van der Waals surface area contributed by atoms with Crippen LogP contribution in [0.25, 0.3) is 0 Å². The van der Waals surface area contributed by atoms with Crippen LogP contribution in [-0.2, 0) is 6.42 Å². The van der Waals surface area contributed by atoms with E-state index in [0.29, 0.717) is 17.8 Å². The summed E-state index contributed by atoms with van der Waals surface area (Å²) in [6.07, 6.45) is 0.910. The lowest BCUT2D eigenvalue weighted by molar-refractivity contribution is 0.0956. The van der Waals surface area contributed by atoms with E-state index in [-0.39, 0.29) is 11.9 Å². The molecule has 4 nitrogen and oxygen atoms in total. The first kappa shape index (κ1) is 15.4. The average molecular weight is 303 g/mol. The summed E-state index contributed by atoms with van der Waals surface area (Å²) in [5.41, 5.74) is 9.19. The molecule has 5 heteroatoms. The molecule has 1 aromatic carbocycles. The maximum Gasteiger partial charge on any atom is 0.253 e. The van der Waals surface area contributed by atoms with Crippen molar-refractivity contribution in [3.8, 4) is 0 Å². The van der Waals surface area contributed by atoms with E-state index in [1.165, 1.54) is 5.56 Å². The predicted octanol–water partition coefficient (Wildman–Crippen LogP) is 3.12. The van der Waals surface area contributed by atoms with Crippen molar-refractivity contribution in [1.29, 1.82) is 0 Å². The quantitative estimate of drug-likeness (QED) is 0.718. The molecule has 0 saturated carbocycles. The van der Waals surface area contributed by atoms with Crippen molar-refractivity contribution in [2.24, 2.45) is 0 Å². The molecule has 0 spiro atoms. The molecule has 0 aliphatic rings. The van der Waals surface area contributed by atoms with Crippen LogP contribution >= 0.6 is 11.3 Å². The van der Waals surface area contributed by atoms with Gasteiger partial charge in [-0.05, 0) is 60.9 Å². The van der Waals surface area contributed by atoms with Gasteiger partial charge in [0.05, 0.1) is 5.56 Å². The second kappa shape index (κ2) is 7.13. The number of rotatable bonds is 6. The number of hydrogen-bond donors (Lipinski definition) is 3. The van der Waals surface area contributed by atoms with Crippen molar-refractivity contribution < 1.29 is 4.79 Å². The Bertz CT molecular complexity index is 596. The minimum absolute atomic E-state index is 0.0808. The normalized spacial score (nSPS) is 11.9. The van der Waals surface area contributed by atoms with E-state index < -0.39 is 0 Å². The van der Waals surface area contributed by atoms with E-state index in [2.05, 4.69) is 34.4 Å². The van der Waals surface area contributed by atoms with Crippen LogP contribution in [0.4, 0.5) is 11.4 Å². The van der Waals surface area contributed by atoms with Crippen LogP contribution in [-0.4, -0.2) is 18.5 Å². The van der Waals surface area contributed by atoms with Gasteiger partial charge in [0, 0.05) is 24.0 Å². The first-order valence-corrected chi connectivity index (χ1v) is 7.99. The molecule has 2 aromatic rings. The Kier molecular flexibility index (Phi) is 5.22. The fourth-order valence-electron chi connectivity index (χ4n) is 2.21. The monoisotopic (exact) mass is 303 g/mol. The lowest BCUT2D eigenvalue weighted by atomic mass is 10.1. The van der Waals surface area contributed by atoms with Crippen LogP contribution in [0.2, 0.25) is 0 Å². The summed E-state index contributed by atoms with van der Waals surface area (Å²) in [6, 6.07) is 7.66. The van der Waals surface area contributed by atoms with E-state index in [1.54, 1.807) is 23.5 Å². The Hall–Kier alpha value is -2.01. The number of benzene rings is 1. The van der Waals surface area contributed by atoms with Crippen molar-refractivity contribution in [2.75, 3.05) is 17.6 Å². The summed E-state index contributed by atoms with van der Waals surface area (Å²) in [5, 5.41) is 10.4. The van der Waals surface area contributed by atoms with E-state index >= 15 is 0 Å². The van der Waals surface area contributed by atoms with Gasteiger partial charge in [0.15, 0.2) is 0 Å². The Morgan fingerprint density at radius 1 is 1.38 bits per heavy atom. The summed E-state index contributed by atoms with van der Waals surface area (Å²) < 4.78 is 0. The number of nitrogens with one attached hydrogen (secondary N) is 2. The molecule has 1 aromatic heterocycles. The molecule has 112 valence electrons. The Balaban J connectivity index is 2.13. The van der Waals surface area contributed by atoms with Crippen molar-refractivity contribution in [1.82, 2.24) is 5.32 Å². The van der Waals surface area contributed by atoms with Crippen molar-refractivity contribution in [2.45, 2.75) is 26.3 Å². The van der Waals surface area contributed by atoms with E-state index in [1.807, 2.05) is 13.0 Å². The predicted molar refractivity (Wildman–Crippen MR) is 90.0 cm³/mol. The van der Waals surface area contributed by atoms with Crippen LogP contribution in [0.15, 0.2) is 35.0 Å². The fourth-order valence-corrected chi connectivity index (χ4v) is 2.90. The zero-order valence-corrected chi connectivity index (χ0v) is 13.2. The summed E-state index contributed by atoms with van der Waals surface area (Å²) in [7, 11) is 0. The minimum Gasteiger partial charge on any atom is -0.399 e. The number of thiophene rings is 1. The number of hydrogen-bond acceptors (Lipinski definition) is 4. The molecule has 0 aliphatic carbocycles. The number of nitrogen functional groups attached to an aromatic ring is 1. The van der Waals surface area contributed by atoms with Gasteiger partial charge in [-0.25, -0.2) is 0 Å². The Morgan fingerprint density at radius 3 is 2.86 bits per heavy atom.